The highest BCUT2D eigenvalue weighted by Crippen LogP contribution is 2.57. The van der Waals surface area contributed by atoms with Crippen LogP contribution in [0.4, 0.5) is 17.6 Å². The fourth-order valence-corrected chi connectivity index (χ4v) is 5.86. The van der Waals surface area contributed by atoms with Gasteiger partial charge < -0.3 is 15.1 Å². The lowest BCUT2D eigenvalue weighted by Crippen LogP contribution is -2.68. The largest absolute Gasteiger partial charge is 0.455 e. The number of halogens is 4. The molecule has 0 atom stereocenters. The highest BCUT2D eigenvalue weighted by Gasteiger charge is 2.57. The van der Waals surface area contributed by atoms with Gasteiger partial charge in [0.25, 0.3) is 11.8 Å². The molecule has 9 heteroatoms. The van der Waals surface area contributed by atoms with Gasteiger partial charge in [-0.25, -0.2) is 4.39 Å². The van der Waals surface area contributed by atoms with Gasteiger partial charge in [-0.05, 0) is 96.8 Å². The van der Waals surface area contributed by atoms with E-state index in [2.05, 4.69) is 10.6 Å². The van der Waals surface area contributed by atoms with E-state index in [-0.39, 0.29) is 34.8 Å². The van der Waals surface area contributed by atoms with Crippen LogP contribution in [0.2, 0.25) is 0 Å². The molecule has 2 amide bonds. The Morgan fingerprint density at radius 3 is 2.33 bits per heavy atom. The van der Waals surface area contributed by atoms with Crippen LogP contribution in [0.25, 0.3) is 33.4 Å². The zero-order valence-electron chi connectivity index (χ0n) is 21.6. The van der Waals surface area contributed by atoms with Crippen LogP contribution in [0, 0.1) is 11.7 Å². The second-order valence-corrected chi connectivity index (χ2v) is 10.8. The molecule has 3 fully saturated rings. The van der Waals surface area contributed by atoms with Gasteiger partial charge in [-0.2, -0.15) is 13.2 Å². The van der Waals surface area contributed by atoms with E-state index in [9.17, 15) is 27.2 Å². The van der Waals surface area contributed by atoms with Crippen LogP contribution < -0.4 is 10.6 Å². The molecule has 0 spiro atoms. The first kappa shape index (κ1) is 26.1. The van der Waals surface area contributed by atoms with Crippen molar-refractivity contribution in [2.24, 2.45) is 5.92 Å². The number of alkyl halides is 3. The van der Waals surface area contributed by atoms with Gasteiger partial charge in [0.05, 0.1) is 5.56 Å². The Morgan fingerprint density at radius 2 is 1.70 bits per heavy atom. The SMILES string of the molecule is CNC(=O)c1c(-c2ccc(F)cc2)oc2cc(CCC(F)(F)F)c(-c3cccc(C(=O)NC45CC(C4)C5)c3)cc12. The van der Waals surface area contributed by atoms with E-state index < -0.39 is 24.3 Å². The molecule has 2 bridgehead atoms. The minimum Gasteiger partial charge on any atom is -0.455 e. The lowest BCUT2D eigenvalue weighted by atomic mass is 9.50. The number of carbonyl (C=O) groups is 2. The summed E-state index contributed by atoms with van der Waals surface area (Å²) in [6.07, 6.45) is -2.81. The van der Waals surface area contributed by atoms with Gasteiger partial charge >= 0.3 is 6.18 Å². The lowest BCUT2D eigenvalue weighted by molar-refractivity contribution is -0.133. The molecule has 0 saturated heterocycles. The van der Waals surface area contributed by atoms with Gasteiger partial charge in [-0.15, -0.1) is 0 Å². The zero-order valence-corrected chi connectivity index (χ0v) is 21.6. The summed E-state index contributed by atoms with van der Waals surface area (Å²) < 4.78 is 59.4. The molecule has 5 nitrogen and oxygen atoms in total. The minimum absolute atomic E-state index is 0.121. The fraction of sp³-hybridized carbons (Fsp3) is 0.290. The molecule has 40 heavy (non-hydrogen) atoms. The number of hydrogen-bond acceptors (Lipinski definition) is 3. The summed E-state index contributed by atoms with van der Waals surface area (Å²) in [7, 11) is 1.46. The Kier molecular flexibility index (Phi) is 6.20. The number of amides is 2. The highest BCUT2D eigenvalue weighted by atomic mass is 19.4. The van der Waals surface area contributed by atoms with E-state index in [1.165, 1.54) is 37.4 Å². The van der Waals surface area contributed by atoms with E-state index in [1.807, 2.05) is 0 Å². The number of benzene rings is 3. The molecule has 3 aliphatic rings. The predicted molar refractivity (Wildman–Crippen MR) is 142 cm³/mol. The van der Waals surface area contributed by atoms with Crippen LogP contribution in [0.3, 0.4) is 0 Å². The van der Waals surface area contributed by atoms with Crippen LogP contribution in [0.5, 0.6) is 0 Å². The summed E-state index contributed by atoms with van der Waals surface area (Å²) in [6.45, 7) is 0. The Morgan fingerprint density at radius 1 is 0.975 bits per heavy atom. The Hall–Kier alpha value is -4.14. The molecule has 3 saturated carbocycles. The van der Waals surface area contributed by atoms with E-state index >= 15 is 0 Å². The van der Waals surface area contributed by atoms with Crippen molar-refractivity contribution in [2.45, 2.75) is 43.8 Å². The van der Waals surface area contributed by atoms with Gasteiger partial charge in [0, 0.05) is 35.5 Å². The zero-order chi connectivity index (χ0) is 28.2. The van der Waals surface area contributed by atoms with Crippen LogP contribution in [-0.4, -0.2) is 30.6 Å². The first-order valence-corrected chi connectivity index (χ1v) is 13.1. The fourth-order valence-electron chi connectivity index (χ4n) is 5.86. The molecular weight excluding hydrogens is 524 g/mol. The third kappa shape index (κ3) is 4.74. The van der Waals surface area contributed by atoms with E-state index in [1.54, 1.807) is 30.3 Å². The molecule has 3 aliphatic carbocycles. The molecule has 4 aromatic rings. The lowest BCUT2D eigenvalue weighted by Gasteiger charge is -2.61. The third-order valence-corrected chi connectivity index (χ3v) is 8.00. The third-order valence-electron chi connectivity index (χ3n) is 8.00. The standard InChI is InChI=1S/C31H26F4N2O3/c1-36-29(39)26-24-13-23(19-3-2-4-21(11-19)28(38)37-30-14-17(15-30)16-30)20(9-10-31(33,34)35)12-25(24)40-27(26)18-5-7-22(32)8-6-18/h2-8,11-13,17H,9-10,14-16H2,1H3,(H,36,39)(H,37,38). The first-order valence-electron chi connectivity index (χ1n) is 13.1. The summed E-state index contributed by atoms with van der Waals surface area (Å²) in [5.41, 5.74) is 2.54. The Bertz CT molecular complexity index is 1620. The second-order valence-electron chi connectivity index (χ2n) is 10.8. The average molecular weight is 551 g/mol. The smallest absolute Gasteiger partial charge is 0.389 e. The normalized spacial score (nSPS) is 19.6. The van der Waals surface area contributed by atoms with Gasteiger partial charge in [0.2, 0.25) is 0 Å². The van der Waals surface area contributed by atoms with Crippen molar-refractivity contribution >= 4 is 22.8 Å². The minimum atomic E-state index is -4.38. The predicted octanol–water partition coefficient (Wildman–Crippen LogP) is 7.04. The van der Waals surface area contributed by atoms with Crippen molar-refractivity contribution in [3.63, 3.8) is 0 Å². The average Bonchev–Trinajstić information content (AvgIpc) is 3.26. The molecular formula is C31H26F4N2O3. The van der Waals surface area contributed by atoms with Gasteiger partial charge in [-0.1, -0.05) is 12.1 Å². The maximum atomic E-state index is 13.6. The quantitative estimate of drug-likeness (QED) is 0.243. The molecule has 0 unspecified atom stereocenters. The molecule has 7 rings (SSSR count). The van der Waals surface area contributed by atoms with Crippen molar-refractivity contribution in [3.8, 4) is 22.5 Å². The number of nitrogens with one attached hydrogen (secondary N) is 2. The summed E-state index contributed by atoms with van der Waals surface area (Å²) >= 11 is 0. The van der Waals surface area contributed by atoms with Crippen LogP contribution >= 0.6 is 0 Å². The molecule has 0 radical (unpaired) electrons. The highest BCUT2D eigenvalue weighted by molar-refractivity contribution is 6.12. The number of fused-ring (bicyclic) bond motifs is 1. The summed E-state index contributed by atoms with van der Waals surface area (Å²) in [5.74, 6) is -0.264. The van der Waals surface area contributed by atoms with Crippen molar-refractivity contribution in [3.05, 3.63) is 83.2 Å². The van der Waals surface area contributed by atoms with Crippen LogP contribution in [0.15, 0.2) is 65.1 Å². The molecule has 1 heterocycles. The second kappa shape index (κ2) is 9.50. The Balaban J connectivity index is 1.47. The molecule has 2 N–H and O–H groups in total. The number of aryl methyl sites for hydroxylation is 1. The van der Waals surface area contributed by atoms with Crippen molar-refractivity contribution < 1.29 is 31.6 Å². The van der Waals surface area contributed by atoms with Crippen LogP contribution in [-0.2, 0) is 6.42 Å². The van der Waals surface area contributed by atoms with Gasteiger partial charge in [-0.3, -0.25) is 9.59 Å². The number of rotatable bonds is 7. The monoisotopic (exact) mass is 550 g/mol. The molecule has 0 aliphatic heterocycles. The van der Waals surface area contributed by atoms with Crippen molar-refractivity contribution in [1.82, 2.24) is 10.6 Å². The van der Waals surface area contributed by atoms with E-state index in [0.717, 1.165) is 19.3 Å². The first-order chi connectivity index (χ1) is 19.0. The van der Waals surface area contributed by atoms with E-state index in [0.29, 0.717) is 39.1 Å². The maximum Gasteiger partial charge on any atom is 0.389 e. The summed E-state index contributed by atoms with van der Waals surface area (Å²) in [6, 6.07) is 15.3. The van der Waals surface area contributed by atoms with E-state index in [4.69, 9.17) is 4.42 Å². The topological polar surface area (TPSA) is 71.3 Å². The summed E-state index contributed by atoms with van der Waals surface area (Å²) in [4.78, 5) is 26.0. The van der Waals surface area contributed by atoms with Crippen molar-refractivity contribution in [2.75, 3.05) is 7.05 Å². The Labute approximate surface area is 227 Å². The van der Waals surface area contributed by atoms with Crippen molar-refractivity contribution in [1.29, 1.82) is 0 Å². The summed E-state index contributed by atoms with van der Waals surface area (Å²) in [5, 5.41) is 6.10. The number of hydrogen-bond donors (Lipinski definition) is 2. The molecule has 3 aromatic carbocycles. The number of furan rings is 1. The number of carbonyl (C=O) groups excluding carboxylic acids is 2. The van der Waals surface area contributed by atoms with Crippen LogP contribution in [0.1, 0.15) is 52.0 Å². The molecule has 1 aromatic heterocycles. The van der Waals surface area contributed by atoms with Gasteiger partial charge in [0.1, 0.15) is 17.2 Å². The van der Waals surface area contributed by atoms with Gasteiger partial charge in [0.15, 0.2) is 0 Å². The molecule has 206 valence electrons. The maximum absolute atomic E-state index is 13.6.